The van der Waals surface area contributed by atoms with Crippen LogP contribution in [0, 0.1) is 0 Å². The first kappa shape index (κ1) is 4.97. The number of methoxy groups -OCH3 is 1. The van der Waals surface area contributed by atoms with Crippen LogP contribution in [-0.2, 0) is 9.53 Å². The minimum absolute atomic E-state index is 0.0787. The monoisotopic (exact) mass is 118 g/mol. The Bertz CT molecular complexity index is 87.7. The molecule has 1 heterocycles. The fourth-order valence-electron chi connectivity index (χ4n) is 0.316. The van der Waals surface area contributed by atoms with Crippen LogP contribution < -0.4 is 0 Å². The van der Waals surface area contributed by atoms with Crippen LogP contribution in [0.4, 0.5) is 0 Å². The van der Waals surface area contributed by atoms with Crippen LogP contribution in [0.25, 0.3) is 0 Å². The van der Waals surface area contributed by atoms with Gasteiger partial charge in [0.05, 0.1) is 7.11 Å². The maximum Gasteiger partial charge on any atom is 0.319 e. The van der Waals surface area contributed by atoms with Crippen LogP contribution in [0.15, 0.2) is 0 Å². The molecule has 0 radical (unpaired) electrons. The minimum Gasteiger partial charge on any atom is -0.468 e. The number of hydrogen-bond donors (Lipinski definition) is 0. The number of esters is 1. The smallest absolute Gasteiger partial charge is 0.319 e. The summed E-state index contributed by atoms with van der Waals surface area (Å²) in [5.74, 6) is 0.872. The lowest BCUT2D eigenvalue weighted by Gasteiger charge is -1.88. The highest BCUT2D eigenvalue weighted by molar-refractivity contribution is 8.07. The lowest BCUT2D eigenvalue weighted by molar-refractivity contribution is -0.138. The van der Waals surface area contributed by atoms with Gasteiger partial charge in [-0.05, 0) is 0 Å². The molecule has 2 nitrogen and oxygen atoms in total. The predicted molar refractivity (Wildman–Crippen MR) is 28.3 cm³/mol. The average Bonchev–Trinajstić information content (AvgIpc) is 2.44. The molecule has 0 aromatic heterocycles. The molecule has 40 valence electrons. The van der Waals surface area contributed by atoms with Crippen molar-refractivity contribution < 1.29 is 9.53 Å². The van der Waals surface area contributed by atoms with Gasteiger partial charge in [0.15, 0.2) is 0 Å². The van der Waals surface area contributed by atoms with Crippen molar-refractivity contribution in [2.24, 2.45) is 0 Å². The van der Waals surface area contributed by atoms with Gasteiger partial charge < -0.3 is 4.74 Å². The molecule has 1 saturated heterocycles. The van der Waals surface area contributed by atoms with Gasteiger partial charge in [-0.3, -0.25) is 4.79 Å². The first-order chi connectivity index (χ1) is 3.34. The lowest BCUT2D eigenvalue weighted by atomic mass is 10.5. The van der Waals surface area contributed by atoms with Crippen LogP contribution in [0.3, 0.4) is 0 Å². The second-order valence-electron chi connectivity index (χ2n) is 1.35. The van der Waals surface area contributed by atoms with E-state index in [1.807, 2.05) is 0 Å². The van der Waals surface area contributed by atoms with Crippen LogP contribution >= 0.6 is 11.8 Å². The Kier molecular flexibility index (Phi) is 1.23. The predicted octanol–water partition coefficient (Wildman–Crippen LogP) is 0.275. The van der Waals surface area contributed by atoms with Crippen molar-refractivity contribution in [3.63, 3.8) is 0 Å². The molecule has 1 fully saturated rings. The van der Waals surface area contributed by atoms with E-state index < -0.39 is 0 Å². The molecule has 0 unspecified atom stereocenters. The summed E-state index contributed by atoms with van der Waals surface area (Å²) in [6.45, 7) is 0. The zero-order chi connectivity index (χ0) is 5.28. The molecule has 0 bridgehead atoms. The molecule has 7 heavy (non-hydrogen) atoms. The molecule has 1 aliphatic heterocycles. The molecule has 0 amide bonds. The molecule has 3 heteroatoms. The van der Waals surface area contributed by atoms with Gasteiger partial charge in [-0.1, -0.05) is 0 Å². The summed E-state index contributed by atoms with van der Waals surface area (Å²) >= 11 is 1.63. The number of rotatable bonds is 1. The Morgan fingerprint density at radius 1 is 2.00 bits per heavy atom. The van der Waals surface area contributed by atoms with Gasteiger partial charge in [-0.2, -0.15) is 0 Å². The zero-order valence-electron chi connectivity index (χ0n) is 4.01. The molecule has 0 aromatic carbocycles. The van der Waals surface area contributed by atoms with E-state index in [1.54, 1.807) is 11.8 Å². The lowest BCUT2D eigenvalue weighted by Crippen LogP contribution is -2.06. The van der Waals surface area contributed by atoms with Gasteiger partial charge in [0, 0.05) is 5.75 Å². The molecule has 0 aliphatic carbocycles. The first-order valence-electron chi connectivity index (χ1n) is 2.04. The third-order valence-corrected chi connectivity index (χ3v) is 1.66. The van der Waals surface area contributed by atoms with E-state index in [9.17, 15) is 4.79 Å². The number of ether oxygens (including phenoxy) is 1. The Balaban J connectivity index is 2.24. The largest absolute Gasteiger partial charge is 0.468 e. The fraction of sp³-hybridized carbons (Fsp3) is 0.750. The van der Waals surface area contributed by atoms with Crippen molar-refractivity contribution >= 4 is 17.7 Å². The van der Waals surface area contributed by atoms with E-state index in [-0.39, 0.29) is 11.2 Å². The zero-order valence-corrected chi connectivity index (χ0v) is 4.83. The Morgan fingerprint density at radius 2 is 2.57 bits per heavy atom. The van der Waals surface area contributed by atoms with E-state index in [4.69, 9.17) is 0 Å². The van der Waals surface area contributed by atoms with E-state index in [1.165, 1.54) is 7.11 Å². The molecule has 1 rings (SSSR count). The molecule has 0 saturated carbocycles. The van der Waals surface area contributed by atoms with Crippen molar-refractivity contribution in [2.75, 3.05) is 12.9 Å². The van der Waals surface area contributed by atoms with Gasteiger partial charge >= 0.3 is 5.97 Å². The van der Waals surface area contributed by atoms with Crippen molar-refractivity contribution in [3.8, 4) is 0 Å². The standard InChI is InChI=1S/C4H6O2S/c1-6-4(5)3-2-7-3/h3H,2H2,1H3/t3-/m1/s1. The Morgan fingerprint density at radius 3 is 2.71 bits per heavy atom. The topological polar surface area (TPSA) is 26.3 Å². The maximum absolute atomic E-state index is 10.3. The molecular formula is C4H6O2S. The molecule has 1 aliphatic rings. The third-order valence-electron chi connectivity index (χ3n) is 0.797. The summed E-state index contributed by atoms with van der Waals surface area (Å²) in [7, 11) is 1.42. The highest BCUT2D eigenvalue weighted by atomic mass is 32.2. The normalized spacial score (nSPS) is 26.7. The SMILES string of the molecule is COC(=O)[C@H]1CS1. The summed E-state index contributed by atoms with van der Waals surface area (Å²) in [5.41, 5.74) is 0. The third kappa shape index (κ3) is 1.09. The van der Waals surface area contributed by atoms with Crippen molar-refractivity contribution in [1.29, 1.82) is 0 Å². The fourth-order valence-corrected chi connectivity index (χ4v) is 0.780. The van der Waals surface area contributed by atoms with Gasteiger partial charge in [0.1, 0.15) is 5.25 Å². The second kappa shape index (κ2) is 1.74. The molecule has 0 aromatic rings. The van der Waals surface area contributed by atoms with E-state index in [0.29, 0.717) is 0 Å². The summed E-state index contributed by atoms with van der Waals surface area (Å²) in [4.78, 5) is 10.3. The van der Waals surface area contributed by atoms with E-state index in [2.05, 4.69) is 4.74 Å². The number of thioether (sulfide) groups is 1. The van der Waals surface area contributed by atoms with E-state index in [0.717, 1.165) is 5.75 Å². The first-order valence-corrected chi connectivity index (χ1v) is 3.09. The number of carbonyl (C=O) groups is 1. The van der Waals surface area contributed by atoms with Gasteiger partial charge in [-0.25, -0.2) is 0 Å². The minimum atomic E-state index is -0.0787. The van der Waals surface area contributed by atoms with E-state index >= 15 is 0 Å². The second-order valence-corrected chi connectivity index (χ2v) is 2.58. The number of carbonyl (C=O) groups excluding carboxylic acids is 1. The molecular weight excluding hydrogens is 112 g/mol. The van der Waals surface area contributed by atoms with Crippen LogP contribution in [0.1, 0.15) is 0 Å². The highest BCUT2D eigenvalue weighted by Crippen LogP contribution is 2.30. The van der Waals surface area contributed by atoms with Crippen molar-refractivity contribution in [1.82, 2.24) is 0 Å². The summed E-state index contributed by atoms with van der Waals surface area (Å²) in [6, 6.07) is 0. The van der Waals surface area contributed by atoms with Crippen LogP contribution in [0.5, 0.6) is 0 Å². The van der Waals surface area contributed by atoms with Crippen molar-refractivity contribution in [3.05, 3.63) is 0 Å². The molecule has 0 N–H and O–H groups in total. The van der Waals surface area contributed by atoms with Crippen molar-refractivity contribution in [2.45, 2.75) is 5.25 Å². The summed E-state index contributed by atoms with van der Waals surface area (Å²) < 4.78 is 4.41. The van der Waals surface area contributed by atoms with Crippen LogP contribution in [-0.4, -0.2) is 24.1 Å². The quantitative estimate of drug-likeness (QED) is 0.365. The van der Waals surface area contributed by atoms with Gasteiger partial charge in [0.25, 0.3) is 0 Å². The Hall–Kier alpha value is -0.180. The summed E-state index contributed by atoms with van der Waals surface area (Å²) in [5, 5.41) is 0.171. The number of hydrogen-bond acceptors (Lipinski definition) is 3. The summed E-state index contributed by atoms with van der Waals surface area (Å²) in [6.07, 6.45) is 0. The maximum atomic E-state index is 10.3. The molecule has 1 atom stereocenters. The average molecular weight is 118 g/mol. The molecule has 0 spiro atoms. The highest BCUT2D eigenvalue weighted by Gasteiger charge is 2.31. The van der Waals surface area contributed by atoms with Gasteiger partial charge in [-0.15, -0.1) is 11.8 Å². The van der Waals surface area contributed by atoms with Crippen LogP contribution in [0.2, 0.25) is 0 Å². The van der Waals surface area contributed by atoms with Gasteiger partial charge in [0.2, 0.25) is 0 Å². The Labute approximate surface area is 46.2 Å².